The Kier molecular flexibility index (Phi) is 7.46. The molecule has 0 saturated carbocycles. The largest absolute Gasteiger partial charge is 0.480 e. The number of amides is 2. The van der Waals surface area contributed by atoms with E-state index in [2.05, 4.69) is 11.2 Å². The van der Waals surface area contributed by atoms with E-state index in [-0.39, 0.29) is 17.4 Å². The average molecular weight is 474 g/mol. The first-order valence-corrected chi connectivity index (χ1v) is 10.2. The van der Waals surface area contributed by atoms with Gasteiger partial charge in [-0.15, -0.1) is 12.3 Å². The van der Waals surface area contributed by atoms with Crippen LogP contribution in [0.4, 0.5) is 18.0 Å². The lowest BCUT2D eigenvalue weighted by atomic mass is 9.98. The van der Waals surface area contributed by atoms with Crippen LogP contribution in [0.25, 0.3) is 11.1 Å². The molecule has 0 bridgehead atoms. The fourth-order valence-electron chi connectivity index (χ4n) is 3.91. The minimum atomic E-state index is -4.84. The molecule has 0 aromatic heterocycles. The van der Waals surface area contributed by atoms with Gasteiger partial charge < -0.3 is 20.1 Å². The Morgan fingerprint density at radius 2 is 1.65 bits per heavy atom. The maximum Gasteiger partial charge on any atom is 0.407 e. The molecule has 0 heterocycles. The van der Waals surface area contributed by atoms with Crippen molar-refractivity contribution in [2.45, 2.75) is 24.6 Å². The number of nitrogens with one attached hydrogen (secondary N) is 1. The van der Waals surface area contributed by atoms with E-state index in [9.17, 15) is 27.6 Å². The maximum atomic E-state index is 12.8. The number of nitrogens with zero attached hydrogens (tertiary/aromatic N) is 1. The molecule has 2 aromatic carbocycles. The summed E-state index contributed by atoms with van der Waals surface area (Å²) in [6.07, 6.45) is -1.14. The van der Waals surface area contributed by atoms with E-state index in [0.29, 0.717) is 0 Å². The van der Waals surface area contributed by atoms with E-state index in [0.717, 1.165) is 22.3 Å². The van der Waals surface area contributed by atoms with E-state index < -0.39 is 49.7 Å². The smallest absolute Gasteiger partial charge is 0.407 e. The van der Waals surface area contributed by atoms with E-state index in [4.69, 9.17) is 16.3 Å². The number of hydrogen-bond acceptors (Lipinski definition) is 4. The summed E-state index contributed by atoms with van der Waals surface area (Å²) in [7, 11) is 0. The van der Waals surface area contributed by atoms with Crippen molar-refractivity contribution in [1.29, 1.82) is 0 Å². The van der Waals surface area contributed by atoms with Gasteiger partial charge in [0, 0.05) is 12.3 Å². The van der Waals surface area contributed by atoms with Crippen molar-refractivity contribution in [2.24, 2.45) is 0 Å². The Balaban J connectivity index is 1.70. The standard InChI is InChI=1S/C24H21F3N2O5/c1-2-7-20(22(32)29(12-21(30)31)14-24(25,26)27)28-23(33)34-13-19-17-10-5-3-8-15(17)16-9-4-6-11-18(16)19/h1,3-6,8-11,19-20H,7,12-14H2,(H,28,33)(H,30,31). The first kappa shape index (κ1) is 24.6. The molecule has 0 radical (unpaired) electrons. The predicted octanol–water partition coefficient (Wildman–Crippen LogP) is 3.39. The number of fused-ring (bicyclic) bond motifs is 3. The third kappa shape index (κ3) is 5.86. The monoisotopic (exact) mass is 474 g/mol. The molecule has 34 heavy (non-hydrogen) atoms. The predicted molar refractivity (Wildman–Crippen MR) is 116 cm³/mol. The fraction of sp³-hybridized carbons (Fsp3) is 0.292. The molecule has 0 spiro atoms. The molecule has 3 rings (SSSR count). The zero-order chi connectivity index (χ0) is 24.9. The van der Waals surface area contributed by atoms with Crippen LogP contribution in [-0.2, 0) is 14.3 Å². The van der Waals surface area contributed by atoms with Gasteiger partial charge in [0.2, 0.25) is 5.91 Å². The van der Waals surface area contributed by atoms with Gasteiger partial charge in [-0.2, -0.15) is 13.2 Å². The first-order valence-electron chi connectivity index (χ1n) is 10.2. The molecular formula is C24H21F3N2O5. The number of carbonyl (C=O) groups excluding carboxylic acids is 2. The average Bonchev–Trinajstić information content (AvgIpc) is 3.09. The molecule has 1 aliphatic rings. The molecule has 0 aliphatic heterocycles. The number of alkyl halides is 3. The highest BCUT2D eigenvalue weighted by molar-refractivity contribution is 5.88. The van der Waals surface area contributed by atoms with Crippen molar-refractivity contribution in [3.05, 3.63) is 59.7 Å². The van der Waals surface area contributed by atoms with Crippen LogP contribution in [0.15, 0.2) is 48.5 Å². The number of aliphatic carboxylic acids is 1. The Hall–Kier alpha value is -4.00. The van der Waals surface area contributed by atoms with Crippen LogP contribution < -0.4 is 5.32 Å². The van der Waals surface area contributed by atoms with E-state index in [1.54, 1.807) is 0 Å². The van der Waals surface area contributed by atoms with Crippen molar-refractivity contribution in [3.8, 4) is 23.5 Å². The molecule has 2 amide bonds. The molecule has 1 unspecified atom stereocenters. The van der Waals surface area contributed by atoms with Crippen molar-refractivity contribution >= 4 is 18.0 Å². The molecule has 7 nitrogen and oxygen atoms in total. The van der Waals surface area contributed by atoms with E-state index in [1.165, 1.54) is 0 Å². The second-order valence-corrected chi connectivity index (χ2v) is 7.63. The van der Waals surface area contributed by atoms with E-state index in [1.807, 2.05) is 48.5 Å². The van der Waals surface area contributed by atoms with Gasteiger partial charge in [-0.25, -0.2) is 4.79 Å². The number of carbonyl (C=O) groups is 3. The van der Waals surface area contributed by atoms with E-state index >= 15 is 0 Å². The molecule has 178 valence electrons. The summed E-state index contributed by atoms with van der Waals surface area (Å²) < 4.78 is 43.8. The number of benzene rings is 2. The SMILES string of the molecule is C#CCC(NC(=O)OCC1c2ccccc2-c2ccccc21)C(=O)N(CC(=O)O)CC(F)(F)F. The number of carboxylic acids is 1. The van der Waals surface area contributed by atoms with Gasteiger partial charge in [-0.1, -0.05) is 48.5 Å². The zero-order valence-corrected chi connectivity index (χ0v) is 17.8. The molecule has 10 heteroatoms. The van der Waals surface area contributed by atoms with Crippen molar-refractivity contribution in [1.82, 2.24) is 10.2 Å². The van der Waals surface area contributed by atoms with Gasteiger partial charge in [-0.05, 0) is 22.3 Å². The Morgan fingerprint density at radius 1 is 1.09 bits per heavy atom. The minimum absolute atomic E-state index is 0.0775. The molecular weight excluding hydrogens is 453 g/mol. The van der Waals surface area contributed by atoms with Crippen molar-refractivity contribution in [2.75, 3.05) is 19.7 Å². The van der Waals surface area contributed by atoms with Crippen molar-refractivity contribution in [3.63, 3.8) is 0 Å². The lowest BCUT2D eigenvalue weighted by Crippen LogP contribution is -2.52. The minimum Gasteiger partial charge on any atom is -0.480 e. The summed E-state index contributed by atoms with van der Waals surface area (Å²) in [5, 5.41) is 11.0. The summed E-state index contributed by atoms with van der Waals surface area (Å²) in [5.41, 5.74) is 3.91. The van der Waals surface area contributed by atoms with Crippen molar-refractivity contribution < 1.29 is 37.4 Å². The van der Waals surface area contributed by atoms with Gasteiger partial charge in [0.05, 0.1) is 0 Å². The van der Waals surface area contributed by atoms with Gasteiger partial charge >= 0.3 is 18.2 Å². The summed E-state index contributed by atoms with van der Waals surface area (Å²) in [6, 6.07) is 13.6. The fourth-order valence-corrected chi connectivity index (χ4v) is 3.91. The van der Waals surface area contributed by atoms with Crippen LogP contribution in [0.2, 0.25) is 0 Å². The topological polar surface area (TPSA) is 95.9 Å². The van der Waals surface area contributed by atoms with Crippen LogP contribution in [-0.4, -0.2) is 59.9 Å². The van der Waals surface area contributed by atoms with Gasteiger partial charge in [0.25, 0.3) is 0 Å². The number of carboxylic acid groups (broad SMARTS) is 1. The van der Waals surface area contributed by atoms with Crippen LogP contribution in [0.3, 0.4) is 0 Å². The summed E-state index contributed by atoms with van der Waals surface area (Å²) in [4.78, 5) is 36.0. The highest BCUT2D eigenvalue weighted by atomic mass is 19.4. The number of halogens is 3. The zero-order valence-electron chi connectivity index (χ0n) is 17.8. The molecule has 0 fully saturated rings. The third-order valence-corrected chi connectivity index (χ3v) is 5.26. The second kappa shape index (κ2) is 10.3. The number of ether oxygens (including phenoxy) is 1. The lowest BCUT2D eigenvalue weighted by molar-refractivity contribution is -0.166. The highest BCUT2D eigenvalue weighted by Gasteiger charge is 2.37. The first-order chi connectivity index (χ1) is 16.1. The molecule has 2 aromatic rings. The van der Waals surface area contributed by atoms with Crippen LogP contribution in [0, 0.1) is 12.3 Å². The van der Waals surface area contributed by atoms with Crippen LogP contribution in [0.1, 0.15) is 23.5 Å². The third-order valence-electron chi connectivity index (χ3n) is 5.26. The number of alkyl carbamates (subject to hydrolysis) is 1. The molecule has 1 atom stereocenters. The summed E-state index contributed by atoms with van der Waals surface area (Å²) in [5.74, 6) is -1.08. The van der Waals surface area contributed by atoms with Gasteiger partial charge in [0.15, 0.2) is 0 Å². The Labute approximate surface area is 193 Å². The summed E-state index contributed by atoms with van der Waals surface area (Å²) in [6.45, 7) is -3.09. The molecule has 0 saturated heterocycles. The van der Waals surface area contributed by atoms with Crippen LogP contribution in [0.5, 0.6) is 0 Å². The summed E-state index contributed by atoms with van der Waals surface area (Å²) >= 11 is 0. The lowest BCUT2D eigenvalue weighted by Gasteiger charge is -2.26. The second-order valence-electron chi connectivity index (χ2n) is 7.63. The number of hydrogen-bond donors (Lipinski definition) is 2. The quantitative estimate of drug-likeness (QED) is 0.572. The van der Waals surface area contributed by atoms with Gasteiger partial charge in [0.1, 0.15) is 25.7 Å². The molecule has 2 N–H and O–H groups in total. The highest BCUT2D eigenvalue weighted by Crippen LogP contribution is 2.44. The Morgan fingerprint density at radius 3 is 2.15 bits per heavy atom. The normalized spacial score (nSPS) is 13.2. The Bertz CT molecular complexity index is 1080. The maximum absolute atomic E-state index is 12.8. The van der Waals surface area contributed by atoms with Crippen LogP contribution >= 0.6 is 0 Å². The number of terminal acetylenes is 1. The molecule has 1 aliphatic carbocycles. The number of rotatable bonds is 8. The van der Waals surface area contributed by atoms with Gasteiger partial charge in [-0.3, -0.25) is 9.59 Å².